The maximum Gasteiger partial charge on any atom is 0.304 e. The summed E-state index contributed by atoms with van der Waals surface area (Å²) in [6.07, 6.45) is 0. The second kappa shape index (κ2) is 4.29. The summed E-state index contributed by atoms with van der Waals surface area (Å²) in [5.41, 5.74) is -1.49. The Morgan fingerprint density at radius 1 is 1.50 bits per heavy atom. The minimum Gasteiger partial charge on any atom is -0.378 e. The molecule has 0 bridgehead atoms. The van der Waals surface area contributed by atoms with Crippen molar-refractivity contribution in [3.8, 4) is 11.8 Å². The van der Waals surface area contributed by atoms with Crippen LogP contribution in [0, 0.1) is 27.8 Å². The number of nitrogens with zero attached hydrogens (tertiary/aromatic N) is 1. The van der Waals surface area contributed by atoms with Gasteiger partial charge in [0.1, 0.15) is 5.60 Å². The van der Waals surface area contributed by atoms with E-state index in [1.54, 1.807) is 0 Å². The molecule has 0 saturated heterocycles. The van der Waals surface area contributed by atoms with Gasteiger partial charge in [0, 0.05) is 11.6 Å². The molecule has 16 heavy (non-hydrogen) atoms. The zero-order chi connectivity index (χ0) is 12.3. The Kier molecular flexibility index (Phi) is 3.25. The first-order valence-electron chi connectivity index (χ1n) is 4.49. The topological polar surface area (TPSA) is 63.4 Å². The molecule has 0 unspecified atom stereocenters. The predicted octanol–water partition coefficient (Wildman–Crippen LogP) is 1.86. The highest BCUT2D eigenvalue weighted by Crippen LogP contribution is 2.17. The lowest BCUT2D eigenvalue weighted by atomic mass is 10.1. The van der Waals surface area contributed by atoms with E-state index in [1.165, 1.54) is 19.9 Å². The van der Waals surface area contributed by atoms with E-state index in [2.05, 4.69) is 11.8 Å². The number of rotatable bonds is 1. The van der Waals surface area contributed by atoms with Crippen LogP contribution in [0.15, 0.2) is 18.2 Å². The molecule has 0 aromatic heterocycles. The summed E-state index contributed by atoms with van der Waals surface area (Å²) in [4.78, 5) is 9.54. The van der Waals surface area contributed by atoms with Gasteiger partial charge in [-0.15, -0.1) is 0 Å². The van der Waals surface area contributed by atoms with Crippen molar-refractivity contribution in [2.45, 2.75) is 19.4 Å². The zero-order valence-electron chi connectivity index (χ0n) is 8.82. The predicted molar refractivity (Wildman–Crippen MR) is 56.2 cm³/mol. The summed E-state index contributed by atoms with van der Waals surface area (Å²) in [6.45, 7) is 2.98. The van der Waals surface area contributed by atoms with Crippen LogP contribution in [0.5, 0.6) is 0 Å². The van der Waals surface area contributed by atoms with Gasteiger partial charge in [-0.05, 0) is 26.0 Å². The van der Waals surface area contributed by atoms with Gasteiger partial charge in [0.05, 0.1) is 4.92 Å². The van der Waals surface area contributed by atoms with Crippen LogP contribution in [-0.2, 0) is 0 Å². The molecule has 1 aromatic rings. The summed E-state index contributed by atoms with van der Waals surface area (Å²) >= 11 is 0. The highest BCUT2D eigenvalue weighted by Gasteiger charge is 2.13. The van der Waals surface area contributed by atoms with Crippen LogP contribution in [0.2, 0.25) is 0 Å². The number of halogens is 1. The molecule has 1 N–H and O–H groups in total. The average molecular weight is 223 g/mol. The molecule has 0 fully saturated rings. The number of hydrogen-bond donors (Lipinski definition) is 1. The van der Waals surface area contributed by atoms with Crippen molar-refractivity contribution in [3.05, 3.63) is 39.7 Å². The van der Waals surface area contributed by atoms with E-state index in [-0.39, 0.29) is 5.56 Å². The summed E-state index contributed by atoms with van der Waals surface area (Å²) < 4.78 is 13.1. The molecule has 0 atom stereocenters. The van der Waals surface area contributed by atoms with Crippen LogP contribution in [0.1, 0.15) is 19.4 Å². The van der Waals surface area contributed by atoms with Crippen molar-refractivity contribution in [1.82, 2.24) is 0 Å². The van der Waals surface area contributed by atoms with E-state index in [9.17, 15) is 19.6 Å². The second-order valence-corrected chi connectivity index (χ2v) is 3.73. The number of nitro groups is 1. The van der Waals surface area contributed by atoms with Gasteiger partial charge in [0.25, 0.3) is 0 Å². The number of benzene rings is 1. The maximum atomic E-state index is 13.1. The molecule has 0 aliphatic carbocycles. The average Bonchev–Trinajstić information content (AvgIpc) is 2.13. The van der Waals surface area contributed by atoms with Gasteiger partial charge in [0.15, 0.2) is 0 Å². The van der Waals surface area contributed by atoms with Crippen LogP contribution in [0.25, 0.3) is 0 Å². The number of aliphatic hydroxyl groups is 1. The van der Waals surface area contributed by atoms with E-state index in [4.69, 9.17) is 0 Å². The van der Waals surface area contributed by atoms with Crippen molar-refractivity contribution in [2.24, 2.45) is 0 Å². The molecule has 84 valence electrons. The van der Waals surface area contributed by atoms with Gasteiger partial charge < -0.3 is 5.11 Å². The standard InChI is InChI=1S/C11H10FNO3/c1-11(2,14)6-5-8-3-4-10(13(15)16)9(12)7-8/h3-4,7,14H,1-2H3. The second-order valence-electron chi connectivity index (χ2n) is 3.73. The summed E-state index contributed by atoms with van der Waals surface area (Å²) in [6, 6.07) is 3.35. The summed E-state index contributed by atoms with van der Waals surface area (Å²) in [7, 11) is 0. The smallest absolute Gasteiger partial charge is 0.304 e. The molecule has 1 aromatic carbocycles. The summed E-state index contributed by atoms with van der Waals surface area (Å²) in [5.74, 6) is 4.07. The molecule has 0 heterocycles. The van der Waals surface area contributed by atoms with Crippen molar-refractivity contribution in [1.29, 1.82) is 0 Å². The molecule has 4 nitrogen and oxygen atoms in total. The molecule has 0 spiro atoms. The minimum atomic E-state index is -1.18. The molecule has 1 rings (SSSR count). The Labute approximate surface area is 91.9 Å². The van der Waals surface area contributed by atoms with E-state index < -0.39 is 22.0 Å². The Balaban J connectivity index is 3.06. The lowest BCUT2D eigenvalue weighted by Gasteiger charge is -2.05. The zero-order valence-corrected chi connectivity index (χ0v) is 8.82. The van der Waals surface area contributed by atoms with Crippen molar-refractivity contribution >= 4 is 5.69 Å². The molecule has 0 aliphatic rings. The quantitative estimate of drug-likeness (QED) is 0.449. The fraction of sp³-hybridized carbons (Fsp3) is 0.273. The molecule has 0 aliphatic heterocycles. The Bertz CT molecular complexity index is 480. The van der Waals surface area contributed by atoms with Crippen LogP contribution < -0.4 is 0 Å². The first-order chi connectivity index (χ1) is 7.29. The van der Waals surface area contributed by atoms with E-state index in [1.807, 2.05) is 0 Å². The monoisotopic (exact) mass is 223 g/mol. The molecule has 5 heteroatoms. The van der Waals surface area contributed by atoms with Crippen LogP contribution in [0.4, 0.5) is 10.1 Å². The summed E-state index contributed by atoms with van der Waals surface area (Å²) in [5, 5.41) is 19.7. The third-order valence-electron chi connectivity index (χ3n) is 1.66. The molecular formula is C11H10FNO3. The molecule has 0 amide bonds. The largest absolute Gasteiger partial charge is 0.378 e. The highest BCUT2D eigenvalue weighted by molar-refractivity contribution is 5.43. The number of hydrogen-bond acceptors (Lipinski definition) is 3. The van der Waals surface area contributed by atoms with Gasteiger partial charge in [0.2, 0.25) is 5.82 Å². The lowest BCUT2D eigenvalue weighted by Crippen LogP contribution is -2.14. The van der Waals surface area contributed by atoms with Crippen molar-refractivity contribution < 1.29 is 14.4 Å². The van der Waals surface area contributed by atoms with E-state index in [0.717, 1.165) is 12.1 Å². The van der Waals surface area contributed by atoms with Crippen molar-refractivity contribution in [3.63, 3.8) is 0 Å². The fourth-order valence-electron chi connectivity index (χ4n) is 0.958. The van der Waals surface area contributed by atoms with E-state index >= 15 is 0 Å². The van der Waals surface area contributed by atoms with E-state index in [0.29, 0.717) is 0 Å². The maximum absolute atomic E-state index is 13.1. The van der Waals surface area contributed by atoms with Gasteiger partial charge in [-0.25, -0.2) is 0 Å². The molecule has 0 radical (unpaired) electrons. The highest BCUT2D eigenvalue weighted by atomic mass is 19.1. The third kappa shape index (κ3) is 3.33. The normalized spacial score (nSPS) is 10.5. The Morgan fingerprint density at radius 2 is 2.12 bits per heavy atom. The Hall–Kier alpha value is -1.93. The number of nitro benzene ring substituents is 1. The van der Waals surface area contributed by atoms with Crippen molar-refractivity contribution in [2.75, 3.05) is 0 Å². The van der Waals surface area contributed by atoms with Gasteiger partial charge >= 0.3 is 5.69 Å². The first-order valence-corrected chi connectivity index (χ1v) is 4.49. The third-order valence-corrected chi connectivity index (χ3v) is 1.66. The molecule has 0 saturated carbocycles. The van der Waals surface area contributed by atoms with Gasteiger partial charge in [-0.1, -0.05) is 11.8 Å². The fourth-order valence-corrected chi connectivity index (χ4v) is 0.958. The van der Waals surface area contributed by atoms with Crippen LogP contribution >= 0.6 is 0 Å². The Morgan fingerprint density at radius 3 is 2.56 bits per heavy atom. The lowest BCUT2D eigenvalue weighted by molar-refractivity contribution is -0.387. The van der Waals surface area contributed by atoms with Crippen LogP contribution in [-0.4, -0.2) is 15.6 Å². The molecular weight excluding hydrogens is 213 g/mol. The SMILES string of the molecule is CC(C)(O)C#Cc1ccc([N+](=O)[O-])c(F)c1. The first kappa shape index (κ1) is 12.1. The van der Waals surface area contributed by atoms with Crippen LogP contribution in [0.3, 0.4) is 0 Å². The van der Waals surface area contributed by atoms with Gasteiger partial charge in [-0.3, -0.25) is 10.1 Å². The minimum absolute atomic E-state index is 0.283. The van der Waals surface area contributed by atoms with Gasteiger partial charge in [-0.2, -0.15) is 4.39 Å².